The molecule has 16 heavy (non-hydrogen) atoms. The van der Waals surface area contributed by atoms with Gasteiger partial charge in [0.05, 0.1) is 5.21 Å². The summed E-state index contributed by atoms with van der Waals surface area (Å²) in [7, 11) is 0. The summed E-state index contributed by atoms with van der Waals surface area (Å²) in [4.78, 5) is 0. The molecule has 0 radical (unpaired) electrons. The third-order valence-corrected chi connectivity index (χ3v) is 2.68. The average molecular weight is 284 g/mol. The van der Waals surface area contributed by atoms with Crippen LogP contribution in [0.1, 0.15) is 26.7 Å². The average Bonchev–Trinajstić information content (AvgIpc) is 2.65. The van der Waals surface area contributed by atoms with E-state index in [-0.39, 0.29) is 17.0 Å². The molecule has 0 aliphatic carbocycles. The van der Waals surface area contributed by atoms with Gasteiger partial charge >= 0.3 is 0 Å². The molecule has 0 spiro atoms. The van der Waals surface area contributed by atoms with Crippen molar-refractivity contribution in [1.82, 2.24) is 9.90 Å². The Kier molecular flexibility index (Phi) is 4.93. The number of hydrogen-bond donors (Lipinski definition) is 0. The van der Waals surface area contributed by atoms with Crippen molar-refractivity contribution in [2.24, 2.45) is 0 Å². The van der Waals surface area contributed by atoms with E-state index in [1.165, 1.54) is 23.9 Å². The van der Waals surface area contributed by atoms with Gasteiger partial charge in [-0.15, -0.1) is 9.36 Å². The smallest absolute Gasteiger partial charge is 0.198 e. The minimum Gasteiger partial charge on any atom is -1.00 e. The Morgan fingerprint density at radius 1 is 1.25 bits per heavy atom. The van der Waals surface area contributed by atoms with Crippen LogP contribution in [0.4, 0.5) is 0 Å². The van der Waals surface area contributed by atoms with Crippen LogP contribution in [0.5, 0.6) is 0 Å². The van der Waals surface area contributed by atoms with Crippen molar-refractivity contribution in [3.05, 3.63) is 24.3 Å². The fourth-order valence-electron chi connectivity index (χ4n) is 1.83. The summed E-state index contributed by atoms with van der Waals surface area (Å²) in [6.07, 6.45) is 2.40. The van der Waals surface area contributed by atoms with Gasteiger partial charge < -0.3 is 17.0 Å². The molecule has 0 unspecified atom stereocenters. The molecule has 1 aromatic heterocycles. The Hall–Kier alpha value is -0.900. The zero-order chi connectivity index (χ0) is 10.7. The van der Waals surface area contributed by atoms with Gasteiger partial charge in [-0.25, -0.2) is 0 Å². The van der Waals surface area contributed by atoms with Crippen molar-refractivity contribution >= 4 is 11.0 Å². The fourth-order valence-corrected chi connectivity index (χ4v) is 1.83. The van der Waals surface area contributed by atoms with E-state index in [4.69, 9.17) is 0 Å². The molecule has 0 amide bonds. The molecule has 0 aliphatic rings. The minimum atomic E-state index is 0. The lowest BCUT2D eigenvalue weighted by atomic mass is 10.3. The molecule has 88 valence electrons. The first-order chi connectivity index (χ1) is 7.36. The van der Waals surface area contributed by atoms with Crippen molar-refractivity contribution in [1.29, 1.82) is 0 Å². The molecule has 3 nitrogen and oxygen atoms in total. The maximum atomic E-state index is 4.58. The van der Waals surface area contributed by atoms with Crippen LogP contribution >= 0.6 is 0 Å². The second-order valence-electron chi connectivity index (χ2n) is 3.77. The van der Waals surface area contributed by atoms with Crippen LogP contribution in [0.3, 0.4) is 0 Å². The van der Waals surface area contributed by atoms with Crippen molar-refractivity contribution < 1.29 is 21.7 Å². The second-order valence-corrected chi connectivity index (χ2v) is 3.77. The lowest BCUT2D eigenvalue weighted by Crippen LogP contribution is -3.00. The van der Waals surface area contributed by atoms with E-state index in [0.717, 1.165) is 13.1 Å². The highest BCUT2D eigenvalue weighted by Gasteiger charge is 2.14. The van der Waals surface area contributed by atoms with Crippen molar-refractivity contribution in [3.63, 3.8) is 0 Å². The summed E-state index contributed by atoms with van der Waals surface area (Å²) in [5.41, 5.74) is 2.48. The fraction of sp³-hybridized carbons (Fsp3) is 0.500. The summed E-state index contributed by atoms with van der Waals surface area (Å²) in [5.74, 6) is 0. The van der Waals surface area contributed by atoms with E-state index >= 15 is 0 Å². The highest BCUT2D eigenvalue weighted by molar-refractivity contribution is 5.70. The van der Waals surface area contributed by atoms with Crippen LogP contribution in [0.15, 0.2) is 24.3 Å². The zero-order valence-electron chi connectivity index (χ0n) is 9.86. The van der Waals surface area contributed by atoms with E-state index in [1.807, 2.05) is 0 Å². The number of rotatable bonds is 4. The second kappa shape index (κ2) is 5.99. The maximum absolute atomic E-state index is 4.58. The molecule has 0 fully saturated rings. The minimum absolute atomic E-state index is 0. The highest BCUT2D eigenvalue weighted by atomic mass is 79.9. The van der Waals surface area contributed by atoms with Gasteiger partial charge in [-0.05, 0) is 25.5 Å². The zero-order valence-corrected chi connectivity index (χ0v) is 11.4. The Morgan fingerprint density at radius 3 is 2.69 bits per heavy atom. The molecule has 0 saturated carbocycles. The molecule has 0 N–H and O–H groups in total. The topological polar surface area (TPSA) is 21.7 Å². The Balaban J connectivity index is 0.00000128. The van der Waals surface area contributed by atoms with Gasteiger partial charge in [0.25, 0.3) is 0 Å². The van der Waals surface area contributed by atoms with Gasteiger partial charge in [0.1, 0.15) is 13.1 Å². The number of para-hydroxylation sites is 2. The van der Waals surface area contributed by atoms with Crippen LogP contribution in [0.25, 0.3) is 11.0 Å². The van der Waals surface area contributed by atoms with Gasteiger partial charge in [-0.1, -0.05) is 25.5 Å². The standard InChI is InChI=1S/C12H18N3.BrH/c1-3-5-10-15-12-9-7-6-8-11(12)14(4-2)13-15;/h6-9H,3-5,10H2,1-2H3;1H/q+1;/p-1. The molecular weight excluding hydrogens is 266 g/mol. The van der Waals surface area contributed by atoms with E-state index < -0.39 is 0 Å². The number of nitrogens with zero attached hydrogens (tertiary/aromatic N) is 3. The quantitative estimate of drug-likeness (QED) is 0.670. The predicted octanol–water partition coefficient (Wildman–Crippen LogP) is -0.852. The van der Waals surface area contributed by atoms with Gasteiger partial charge in [-0.3, -0.25) is 0 Å². The van der Waals surface area contributed by atoms with Gasteiger partial charge in [0.15, 0.2) is 11.0 Å². The van der Waals surface area contributed by atoms with E-state index in [9.17, 15) is 0 Å². The number of benzene rings is 1. The van der Waals surface area contributed by atoms with Crippen LogP contribution in [-0.2, 0) is 13.1 Å². The SMILES string of the molecule is CCCC[n+]1nn(CC)c2ccccc21.[Br-]. The van der Waals surface area contributed by atoms with Crippen LogP contribution in [-0.4, -0.2) is 9.90 Å². The summed E-state index contributed by atoms with van der Waals surface area (Å²) in [5, 5.41) is 4.58. The third-order valence-electron chi connectivity index (χ3n) is 2.68. The number of halogens is 1. The predicted molar refractivity (Wildman–Crippen MR) is 60.5 cm³/mol. The van der Waals surface area contributed by atoms with Gasteiger partial charge in [0, 0.05) is 0 Å². The first-order valence-electron chi connectivity index (χ1n) is 5.72. The van der Waals surface area contributed by atoms with Gasteiger partial charge in [-0.2, -0.15) is 0 Å². The van der Waals surface area contributed by atoms with E-state index in [2.05, 4.69) is 52.7 Å². The van der Waals surface area contributed by atoms with E-state index in [1.54, 1.807) is 0 Å². The van der Waals surface area contributed by atoms with Crippen molar-refractivity contribution in [3.8, 4) is 0 Å². The third kappa shape index (κ3) is 2.43. The Morgan fingerprint density at radius 2 is 2.00 bits per heavy atom. The Labute approximate surface area is 107 Å². The van der Waals surface area contributed by atoms with Gasteiger partial charge in [0.2, 0.25) is 0 Å². The lowest BCUT2D eigenvalue weighted by Gasteiger charge is -1.91. The molecule has 1 heterocycles. The number of fused-ring (bicyclic) bond motifs is 1. The molecule has 0 bridgehead atoms. The highest BCUT2D eigenvalue weighted by Crippen LogP contribution is 2.08. The summed E-state index contributed by atoms with van der Waals surface area (Å²) < 4.78 is 4.17. The van der Waals surface area contributed by atoms with Crippen molar-refractivity contribution in [2.45, 2.75) is 39.8 Å². The first-order valence-corrected chi connectivity index (χ1v) is 5.72. The monoisotopic (exact) mass is 283 g/mol. The molecule has 2 aromatic rings. The molecule has 2 rings (SSSR count). The molecule has 0 saturated heterocycles. The van der Waals surface area contributed by atoms with Crippen LogP contribution < -0.4 is 21.7 Å². The number of unbranched alkanes of at least 4 members (excludes halogenated alkanes) is 1. The maximum Gasteiger partial charge on any atom is 0.198 e. The summed E-state index contributed by atoms with van der Waals surface area (Å²) in [6.45, 7) is 6.28. The molecule has 0 aliphatic heterocycles. The molecule has 4 heteroatoms. The summed E-state index contributed by atoms with van der Waals surface area (Å²) in [6, 6.07) is 8.42. The van der Waals surface area contributed by atoms with Crippen LogP contribution in [0, 0.1) is 0 Å². The lowest BCUT2D eigenvalue weighted by molar-refractivity contribution is -0.733. The number of aryl methyl sites for hydroxylation is 2. The normalized spacial score (nSPS) is 10.4. The Bertz CT molecular complexity index is 450. The largest absolute Gasteiger partial charge is 1.00 e. The van der Waals surface area contributed by atoms with E-state index in [0.29, 0.717) is 0 Å². The summed E-state index contributed by atoms with van der Waals surface area (Å²) >= 11 is 0. The molecule has 1 aromatic carbocycles. The molecule has 0 atom stereocenters. The van der Waals surface area contributed by atoms with Crippen LogP contribution in [0.2, 0.25) is 0 Å². The number of aromatic nitrogens is 3. The van der Waals surface area contributed by atoms with Crippen molar-refractivity contribution in [2.75, 3.05) is 0 Å². The first kappa shape index (κ1) is 13.2. The molecular formula is C12H18BrN3. The number of hydrogen-bond acceptors (Lipinski definition) is 1.